The van der Waals surface area contributed by atoms with Crippen molar-refractivity contribution in [3.8, 4) is 20.2 Å². The lowest BCUT2D eigenvalue weighted by molar-refractivity contribution is 1.86. The summed E-state index contributed by atoms with van der Waals surface area (Å²) in [6.07, 6.45) is 0. The lowest BCUT2D eigenvalue weighted by Crippen LogP contribution is -1.69. The first-order valence-electron chi connectivity index (χ1n) is 4.60. The van der Waals surface area contributed by atoms with Crippen LogP contribution in [0.25, 0.3) is 20.2 Å². The molecule has 3 heterocycles. The van der Waals surface area contributed by atoms with E-state index in [1.165, 1.54) is 20.2 Å². The molecule has 15 heavy (non-hydrogen) atoms. The summed E-state index contributed by atoms with van der Waals surface area (Å²) in [6, 6.07) is 10.8. The van der Waals surface area contributed by atoms with E-state index in [1.54, 1.807) is 11.3 Å². The smallest absolute Gasteiger partial charge is 0.0529 e. The van der Waals surface area contributed by atoms with Crippen LogP contribution in [0.3, 0.4) is 0 Å². The van der Waals surface area contributed by atoms with Crippen LogP contribution in [0.5, 0.6) is 0 Å². The molecule has 0 radical (unpaired) electrons. The second-order valence-electron chi connectivity index (χ2n) is 3.12. The fourth-order valence-electron chi connectivity index (χ4n) is 1.53. The Kier molecular flexibility index (Phi) is 2.44. The predicted molar refractivity (Wildman–Crippen MR) is 70.9 cm³/mol. The third-order valence-electron chi connectivity index (χ3n) is 2.20. The normalized spacial score (nSPS) is 10.7. The maximum absolute atomic E-state index is 2.21. The summed E-state index contributed by atoms with van der Waals surface area (Å²) >= 11 is 5.43. The molecule has 0 atom stereocenters. The molecule has 74 valence electrons. The van der Waals surface area contributed by atoms with E-state index in [4.69, 9.17) is 0 Å². The molecule has 3 aromatic heterocycles. The van der Waals surface area contributed by atoms with Gasteiger partial charge in [-0.25, -0.2) is 0 Å². The third-order valence-corrected chi connectivity index (χ3v) is 5.06. The minimum Gasteiger partial charge on any atom is -0.144 e. The van der Waals surface area contributed by atoms with Crippen molar-refractivity contribution in [2.45, 2.75) is 0 Å². The minimum atomic E-state index is 1.36. The summed E-state index contributed by atoms with van der Waals surface area (Å²) in [6.45, 7) is 0. The van der Waals surface area contributed by atoms with Gasteiger partial charge >= 0.3 is 0 Å². The minimum absolute atomic E-state index is 1.36. The van der Waals surface area contributed by atoms with Gasteiger partial charge in [0.15, 0.2) is 0 Å². The molecule has 3 heteroatoms. The van der Waals surface area contributed by atoms with E-state index in [0.29, 0.717) is 0 Å². The van der Waals surface area contributed by atoms with E-state index in [9.17, 15) is 0 Å². The number of hydrogen-bond acceptors (Lipinski definition) is 3. The molecule has 0 saturated carbocycles. The van der Waals surface area contributed by atoms with E-state index in [-0.39, 0.29) is 0 Å². The van der Waals surface area contributed by atoms with E-state index in [1.807, 2.05) is 22.7 Å². The first kappa shape index (κ1) is 9.33. The Balaban J connectivity index is 2.15. The van der Waals surface area contributed by atoms with Crippen molar-refractivity contribution in [1.29, 1.82) is 0 Å². The van der Waals surface area contributed by atoms with Crippen molar-refractivity contribution in [2.24, 2.45) is 0 Å². The third kappa shape index (κ3) is 1.67. The highest BCUT2D eigenvalue weighted by Crippen LogP contribution is 2.40. The van der Waals surface area contributed by atoms with Crippen molar-refractivity contribution < 1.29 is 0 Å². The van der Waals surface area contributed by atoms with Crippen molar-refractivity contribution in [2.75, 3.05) is 0 Å². The Labute approximate surface area is 100 Å². The zero-order valence-electron chi connectivity index (χ0n) is 7.84. The molecule has 0 fully saturated rings. The Hall–Kier alpha value is -0.900. The fourth-order valence-corrected chi connectivity index (χ4v) is 4.15. The Morgan fingerprint density at radius 3 is 2.07 bits per heavy atom. The van der Waals surface area contributed by atoms with Crippen LogP contribution in [-0.2, 0) is 0 Å². The van der Waals surface area contributed by atoms with Gasteiger partial charge in [0.25, 0.3) is 0 Å². The lowest BCUT2D eigenvalue weighted by atomic mass is 10.2. The standard InChI is InChI=1S/C12H8S3/c1-3-10(13-6-1)9-5-8-15-12(9)11-4-2-7-14-11/h1-8H. The maximum atomic E-state index is 2.21. The molecule has 3 aromatic rings. The van der Waals surface area contributed by atoms with Crippen LogP contribution in [0, 0.1) is 0 Å². The Bertz CT molecular complexity index is 480. The SMILES string of the molecule is c1csc(-c2ccsc2-c2cccs2)c1. The van der Waals surface area contributed by atoms with Gasteiger partial charge in [-0.3, -0.25) is 0 Å². The van der Waals surface area contributed by atoms with Crippen LogP contribution in [-0.4, -0.2) is 0 Å². The van der Waals surface area contributed by atoms with Gasteiger partial charge in [-0.05, 0) is 34.3 Å². The van der Waals surface area contributed by atoms with Crippen molar-refractivity contribution in [1.82, 2.24) is 0 Å². The molecular weight excluding hydrogens is 240 g/mol. The summed E-state index contributed by atoms with van der Waals surface area (Å²) in [5.41, 5.74) is 1.37. The van der Waals surface area contributed by atoms with Gasteiger partial charge in [0, 0.05) is 15.3 Å². The summed E-state index contributed by atoms with van der Waals surface area (Å²) < 4.78 is 0. The molecule has 0 amide bonds. The zero-order chi connectivity index (χ0) is 10.1. The van der Waals surface area contributed by atoms with Gasteiger partial charge in [0.1, 0.15) is 0 Å². The molecule has 0 nitrogen and oxygen atoms in total. The average Bonchev–Trinajstić information content (AvgIpc) is 3.01. The number of rotatable bonds is 2. The highest BCUT2D eigenvalue weighted by atomic mass is 32.1. The predicted octanol–water partition coefficient (Wildman–Crippen LogP) is 5.21. The quantitative estimate of drug-likeness (QED) is 0.584. The van der Waals surface area contributed by atoms with E-state index < -0.39 is 0 Å². The van der Waals surface area contributed by atoms with Crippen LogP contribution >= 0.6 is 34.0 Å². The van der Waals surface area contributed by atoms with Crippen LogP contribution < -0.4 is 0 Å². The van der Waals surface area contributed by atoms with Gasteiger partial charge < -0.3 is 0 Å². The first-order chi connectivity index (χ1) is 7.45. The summed E-state index contributed by atoms with van der Waals surface area (Å²) in [4.78, 5) is 4.13. The maximum Gasteiger partial charge on any atom is 0.0529 e. The fraction of sp³-hybridized carbons (Fsp3) is 0. The number of thiophene rings is 3. The molecule has 0 saturated heterocycles. The highest BCUT2D eigenvalue weighted by molar-refractivity contribution is 7.21. The van der Waals surface area contributed by atoms with Gasteiger partial charge in [-0.15, -0.1) is 34.0 Å². The van der Waals surface area contributed by atoms with Crippen molar-refractivity contribution in [3.05, 3.63) is 46.5 Å². The van der Waals surface area contributed by atoms with Crippen molar-refractivity contribution >= 4 is 34.0 Å². The lowest BCUT2D eigenvalue weighted by Gasteiger charge is -1.97. The average molecular weight is 248 g/mol. The molecule has 0 bridgehead atoms. The molecular formula is C12H8S3. The highest BCUT2D eigenvalue weighted by Gasteiger charge is 2.09. The monoisotopic (exact) mass is 248 g/mol. The molecule has 0 aliphatic heterocycles. The molecule has 0 N–H and O–H groups in total. The second kappa shape index (κ2) is 3.93. The molecule has 0 aliphatic rings. The van der Waals surface area contributed by atoms with Crippen LogP contribution in [0.4, 0.5) is 0 Å². The van der Waals surface area contributed by atoms with E-state index >= 15 is 0 Å². The molecule has 0 unspecified atom stereocenters. The van der Waals surface area contributed by atoms with Crippen LogP contribution in [0.1, 0.15) is 0 Å². The van der Waals surface area contributed by atoms with E-state index in [0.717, 1.165) is 0 Å². The van der Waals surface area contributed by atoms with Gasteiger partial charge in [-0.2, -0.15) is 0 Å². The molecule has 0 spiro atoms. The summed E-state index contributed by atoms with van der Waals surface area (Å²) in [5.74, 6) is 0. The largest absolute Gasteiger partial charge is 0.144 e. The molecule has 0 aromatic carbocycles. The molecule has 3 rings (SSSR count). The summed E-state index contributed by atoms with van der Waals surface area (Å²) in [5, 5.41) is 6.43. The number of hydrogen-bond donors (Lipinski definition) is 0. The topological polar surface area (TPSA) is 0 Å². The van der Waals surface area contributed by atoms with Crippen LogP contribution in [0.2, 0.25) is 0 Å². The Morgan fingerprint density at radius 1 is 0.667 bits per heavy atom. The van der Waals surface area contributed by atoms with E-state index in [2.05, 4.69) is 46.5 Å². The Morgan fingerprint density at radius 2 is 1.40 bits per heavy atom. The van der Waals surface area contributed by atoms with Gasteiger partial charge in [-0.1, -0.05) is 12.1 Å². The van der Waals surface area contributed by atoms with Crippen LogP contribution in [0.15, 0.2) is 46.5 Å². The molecule has 0 aliphatic carbocycles. The van der Waals surface area contributed by atoms with Gasteiger partial charge in [0.2, 0.25) is 0 Å². The second-order valence-corrected chi connectivity index (χ2v) is 5.93. The summed E-state index contributed by atoms with van der Waals surface area (Å²) in [7, 11) is 0. The van der Waals surface area contributed by atoms with Crippen molar-refractivity contribution in [3.63, 3.8) is 0 Å². The first-order valence-corrected chi connectivity index (χ1v) is 7.24. The zero-order valence-corrected chi connectivity index (χ0v) is 10.3. The van der Waals surface area contributed by atoms with Gasteiger partial charge in [0.05, 0.1) is 4.88 Å².